The highest BCUT2D eigenvalue weighted by atomic mass is 16.5. The van der Waals surface area contributed by atoms with Gasteiger partial charge in [-0.25, -0.2) is 14.8 Å². The lowest BCUT2D eigenvalue weighted by Gasteiger charge is -2.15. The van der Waals surface area contributed by atoms with Crippen LogP contribution in [0.3, 0.4) is 0 Å². The Balaban J connectivity index is 2.00. The molecule has 0 bridgehead atoms. The number of hydrogen-bond donors (Lipinski definition) is 1. The zero-order valence-electron chi connectivity index (χ0n) is 12.0. The zero-order chi connectivity index (χ0) is 14.5. The van der Waals surface area contributed by atoms with Crippen LogP contribution in [0.25, 0.3) is 0 Å². The average molecular weight is 279 g/mol. The molecule has 2 heterocycles. The zero-order valence-corrected chi connectivity index (χ0v) is 12.0. The summed E-state index contributed by atoms with van der Waals surface area (Å²) in [5.41, 5.74) is -0.0508. The van der Waals surface area contributed by atoms with Gasteiger partial charge in [0.1, 0.15) is 12.4 Å². The van der Waals surface area contributed by atoms with Gasteiger partial charge in [0.2, 0.25) is 0 Å². The van der Waals surface area contributed by atoms with Crippen molar-refractivity contribution in [3.05, 3.63) is 17.7 Å². The number of likely N-dealkylation sites (tertiary alicyclic amines) is 1. The van der Waals surface area contributed by atoms with Crippen LogP contribution in [0.15, 0.2) is 6.20 Å². The van der Waals surface area contributed by atoms with Crippen LogP contribution in [0.4, 0.5) is 0 Å². The van der Waals surface area contributed by atoms with Gasteiger partial charge in [0, 0.05) is 12.5 Å². The van der Waals surface area contributed by atoms with E-state index in [0.29, 0.717) is 12.4 Å². The second-order valence-electron chi connectivity index (χ2n) is 5.30. The summed E-state index contributed by atoms with van der Waals surface area (Å²) in [6, 6.07) is 0. The Hall–Kier alpha value is -1.69. The third-order valence-corrected chi connectivity index (χ3v) is 3.36. The maximum Gasteiger partial charge on any atom is 0.358 e. The summed E-state index contributed by atoms with van der Waals surface area (Å²) < 4.78 is 5.55. The first-order valence-corrected chi connectivity index (χ1v) is 7.03. The molecular formula is C14H21N3O3. The molecule has 1 aliphatic rings. The van der Waals surface area contributed by atoms with Crippen LogP contribution in [-0.4, -0.2) is 52.2 Å². The van der Waals surface area contributed by atoms with Crippen LogP contribution in [0.1, 0.15) is 48.9 Å². The minimum absolute atomic E-state index is 0.0508. The maximum absolute atomic E-state index is 11.2. The van der Waals surface area contributed by atoms with E-state index in [1.165, 1.54) is 19.0 Å². The number of hydrogen-bond acceptors (Lipinski definition) is 5. The molecule has 1 aromatic heterocycles. The van der Waals surface area contributed by atoms with Crippen molar-refractivity contribution in [3.63, 3.8) is 0 Å². The SMILES string of the molecule is CC(C)c1ncc(OCCN2CCCC2)c(C(=O)O)n1. The molecule has 1 fully saturated rings. The van der Waals surface area contributed by atoms with E-state index in [1.807, 2.05) is 13.8 Å². The molecule has 6 nitrogen and oxygen atoms in total. The summed E-state index contributed by atoms with van der Waals surface area (Å²) in [6.07, 6.45) is 3.93. The van der Waals surface area contributed by atoms with Crippen molar-refractivity contribution in [1.29, 1.82) is 0 Å². The first kappa shape index (κ1) is 14.7. The molecule has 0 amide bonds. The Bertz CT molecular complexity index is 471. The highest BCUT2D eigenvalue weighted by Gasteiger charge is 2.17. The van der Waals surface area contributed by atoms with Crippen molar-refractivity contribution < 1.29 is 14.6 Å². The summed E-state index contributed by atoms with van der Waals surface area (Å²) in [4.78, 5) is 21.8. The van der Waals surface area contributed by atoms with E-state index in [4.69, 9.17) is 4.74 Å². The standard InChI is InChI=1S/C14H21N3O3/c1-10(2)13-15-9-11(12(16-13)14(18)19)20-8-7-17-5-3-4-6-17/h9-10H,3-8H2,1-2H3,(H,18,19). The highest BCUT2D eigenvalue weighted by molar-refractivity contribution is 5.88. The number of aromatic nitrogens is 2. The lowest BCUT2D eigenvalue weighted by Crippen LogP contribution is -2.25. The predicted molar refractivity (Wildman–Crippen MR) is 74.2 cm³/mol. The fourth-order valence-electron chi connectivity index (χ4n) is 2.21. The molecule has 0 radical (unpaired) electrons. The lowest BCUT2D eigenvalue weighted by molar-refractivity contribution is 0.0684. The molecule has 0 atom stereocenters. The second kappa shape index (κ2) is 6.65. The van der Waals surface area contributed by atoms with Crippen molar-refractivity contribution >= 4 is 5.97 Å². The van der Waals surface area contributed by atoms with Gasteiger partial charge >= 0.3 is 5.97 Å². The molecule has 1 N–H and O–H groups in total. The van der Waals surface area contributed by atoms with Gasteiger partial charge in [-0.2, -0.15) is 0 Å². The molecule has 0 spiro atoms. The molecule has 110 valence electrons. The third kappa shape index (κ3) is 3.66. The van der Waals surface area contributed by atoms with Gasteiger partial charge < -0.3 is 9.84 Å². The van der Waals surface area contributed by atoms with Crippen LogP contribution in [0.2, 0.25) is 0 Å². The molecule has 0 aliphatic carbocycles. The van der Waals surface area contributed by atoms with Crippen LogP contribution < -0.4 is 4.74 Å². The van der Waals surface area contributed by atoms with Gasteiger partial charge in [0.15, 0.2) is 11.4 Å². The minimum atomic E-state index is -1.08. The van der Waals surface area contributed by atoms with E-state index in [9.17, 15) is 9.90 Å². The molecule has 2 rings (SSSR count). The van der Waals surface area contributed by atoms with Crippen molar-refractivity contribution in [3.8, 4) is 5.75 Å². The van der Waals surface area contributed by atoms with E-state index in [1.54, 1.807) is 0 Å². The van der Waals surface area contributed by atoms with Gasteiger partial charge in [0.25, 0.3) is 0 Å². The first-order chi connectivity index (χ1) is 9.58. The summed E-state index contributed by atoms with van der Waals surface area (Å²) in [5.74, 6) is -0.215. The van der Waals surface area contributed by atoms with Gasteiger partial charge in [-0.3, -0.25) is 4.90 Å². The van der Waals surface area contributed by atoms with Crippen molar-refractivity contribution in [2.24, 2.45) is 0 Å². The van der Waals surface area contributed by atoms with Gasteiger partial charge in [-0.15, -0.1) is 0 Å². The molecule has 1 aliphatic heterocycles. The number of carbonyl (C=O) groups is 1. The van der Waals surface area contributed by atoms with Gasteiger partial charge in [-0.1, -0.05) is 13.8 Å². The summed E-state index contributed by atoms with van der Waals surface area (Å²) in [5, 5.41) is 9.20. The second-order valence-corrected chi connectivity index (χ2v) is 5.30. The van der Waals surface area contributed by atoms with Crippen LogP contribution in [-0.2, 0) is 0 Å². The number of nitrogens with zero attached hydrogens (tertiary/aromatic N) is 3. The number of carboxylic acids is 1. The number of aromatic carboxylic acids is 1. The number of carboxylic acid groups (broad SMARTS) is 1. The summed E-state index contributed by atoms with van der Waals surface area (Å²) in [7, 11) is 0. The average Bonchev–Trinajstić information content (AvgIpc) is 2.91. The summed E-state index contributed by atoms with van der Waals surface area (Å²) >= 11 is 0. The number of ether oxygens (including phenoxy) is 1. The van der Waals surface area contributed by atoms with Crippen molar-refractivity contribution in [1.82, 2.24) is 14.9 Å². The van der Waals surface area contributed by atoms with E-state index < -0.39 is 5.97 Å². The maximum atomic E-state index is 11.2. The third-order valence-electron chi connectivity index (χ3n) is 3.36. The molecule has 0 saturated carbocycles. The molecule has 6 heteroatoms. The van der Waals surface area contributed by atoms with Crippen LogP contribution in [0, 0.1) is 0 Å². The largest absolute Gasteiger partial charge is 0.488 e. The van der Waals surface area contributed by atoms with Crippen LogP contribution in [0.5, 0.6) is 5.75 Å². The Kier molecular flexibility index (Phi) is 4.89. The van der Waals surface area contributed by atoms with E-state index in [-0.39, 0.29) is 17.4 Å². The smallest absolute Gasteiger partial charge is 0.358 e. The predicted octanol–water partition coefficient (Wildman–Crippen LogP) is 1.77. The number of rotatable bonds is 6. The molecule has 1 saturated heterocycles. The fourth-order valence-corrected chi connectivity index (χ4v) is 2.21. The Morgan fingerprint density at radius 1 is 1.45 bits per heavy atom. The van der Waals surface area contributed by atoms with E-state index in [2.05, 4.69) is 14.9 Å². The quantitative estimate of drug-likeness (QED) is 0.855. The Morgan fingerprint density at radius 2 is 2.15 bits per heavy atom. The highest BCUT2D eigenvalue weighted by Crippen LogP contribution is 2.18. The fraction of sp³-hybridized carbons (Fsp3) is 0.643. The first-order valence-electron chi connectivity index (χ1n) is 7.03. The van der Waals surface area contributed by atoms with Crippen molar-refractivity contribution in [2.75, 3.05) is 26.2 Å². The van der Waals surface area contributed by atoms with Gasteiger partial charge in [-0.05, 0) is 25.9 Å². The van der Waals surface area contributed by atoms with E-state index in [0.717, 1.165) is 19.6 Å². The molecule has 1 aromatic rings. The van der Waals surface area contributed by atoms with E-state index >= 15 is 0 Å². The normalized spacial score (nSPS) is 15.8. The van der Waals surface area contributed by atoms with Gasteiger partial charge in [0.05, 0.1) is 6.20 Å². The summed E-state index contributed by atoms with van der Waals surface area (Å²) in [6.45, 7) is 7.31. The molecule has 0 aromatic carbocycles. The molecule has 20 heavy (non-hydrogen) atoms. The van der Waals surface area contributed by atoms with Crippen LogP contribution >= 0.6 is 0 Å². The lowest BCUT2D eigenvalue weighted by atomic mass is 10.2. The molecule has 0 unspecified atom stereocenters. The minimum Gasteiger partial charge on any atom is -0.488 e. The molecular weight excluding hydrogens is 258 g/mol. The van der Waals surface area contributed by atoms with Crippen molar-refractivity contribution in [2.45, 2.75) is 32.6 Å². The monoisotopic (exact) mass is 279 g/mol. The Morgan fingerprint density at radius 3 is 2.75 bits per heavy atom. The Labute approximate surface area is 118 Å². The topological polar surface area (TPSA) is 75.5 Å².